The number of carbonyl (C=O) groups excluding carboxylic acids is 1. The Hall–Kier alpha value is -3.51. The van der Waals surface area contributed by atoms with Gasteiger partial charge in [0, 0.05) is 22.8 Å². The number of aryl methyl sites for hydroxylation is 1. The van der Waals surface area contributed by atoms with Crippen molar-refractivity contribution in [2.75, 3.05) is 0 Å². The topological polar surface area (TPSA) is 55.1 Å². The third-order valence-electron chi connectivity index (χ3n) is 7.22. The van der Waals surface area contributed by atoms with Gasteiger partial charge in [0.05, 0.1) is 29.7 Å². The molecule has 1 fully saturated rings. The van der Waals surface area contributed by atoms with Gasteiger partial charge in [-0.2, -0.15) is 5.10 Å². The molecule has 2 amide bonds. The fraction of sp³-hybridized carbons (Fsp3) is 0.286. The van der Waals surface area contributed by atoms with Crippen molar-refractivity contribution in [2.24, 2.45) is 0 Å². The molecular formula is C28H28ClN5O. The van der Waals surface area contributed by atoms with Crippen LogP contribution in [-0.4, -0.2) is 31.3 Å². The molecule has 7 heteroatoms. The van der Waals surface area contributed by atoms with E-state index in [9.17, 15) is 4.79 Å². The maximum absolute atomic E-state index is 13.8. The Morgan fingerprint density at radius 3 is 2.49 bits per heavy atom. The first-order chi connectivity index (χ1) is 17.1. The minimum Gasteiger partial charge on any atom is -0.335 e. The second-order valence-electron chi connectivity index (χ2n) is 9.45. The number of para-hydroxylation sites is 1. The fourth-order valence-electron chi connectivity index (χ4n) is 5.47. The largest absolute Gasteiger partial charge is 0.335 e. The number of benzene rings is 2. The van der Waals surface area contributed by atoms with Gasteiger partial charge in [-0.3, -0.25) is 0 Å². The maximum Gasteiger partial charge on any atom is 0.318 e. The Bertz CT molecular complexity index is 1350. The average molecular weight is 486 g/mol. The first-order valence-corrected chi connectivity index (χ1v) is 12.6. The molecule has 0 spiro atoms. The van der Waals surface area contributed by atoms with Gasteiger partial charge in [0.15, 0.2) is 0 Å². The zero-order valence-corrected chi connectivity index (χ0v) is 20.4. The number of hydrogen-bond donors (Lipinski definition) is 1. The van der Waals surface area contributed by atoms with E-state index >= 15 is 0 Å². The van der Waals surface area contributed by atoms with E-state index in [1.165, 1.54) is 12.8 Å². The third-order valence-corrected chi connectivity index (χ3v) is 7.47. The summed E-state index contributed by atoms with van der Waals surface area (Å²) in [6, 6.07) is 22.1. The summed E-state index contributed by atoms with van der Waals surface area (Å²) < 4.78 is 4.18. The Morgan fingerprint density at radius 1 is 1.00 bits per heavy atom. The van der Waals surface area contributed by atoms with E-state index in [1.54, 1.807) is 0 Å². The summed E-state index contributed by atoms with van der Waals surface area (Å²) in [5.41, 5.74) is 4.99. The molecule has 178 valence electrons. The van der Waals surface area contributed by atoms with Crippen molar-refractivity contribution in [3.05, 3.63) is 100 Å². The quantitative estimate of drug-likeness (QED) is 0.376. The summed E-state index contributed by atoms with van der Waals surface area (Å²) in [5.74, 6) is 0.976. The van der Waals surface area contributed by atoms with Crippen LogP contribution >= 0.6 is 11.6 Å². The van der Waals surface area contributed by atoms with Crippen LogP contribution in [0.5, 0.6) is 0 Å². The predicted molar refractivity (Wildman–Crippen MR) is 137 cm³/mol. The van der Waals surface area contributed by atoms with Crippen LogP contribution < -0.4 is 5.32 Å². The number of nitrogens with one attached hydrogen (secondary N) is 1. The number of carbonyl (C=O) groups is 1. The first kappa shape index (κ1) is 22.0. The van der Waals surface area contributed by atoms with Crippen molar-refractivity contribution in [1.29, 1.82) is 0 Å². The molecule has 0 bridgehead atoms. The molecule has 1 N–H and O–H groups in total. The number of nitrogens with zero attached hydrogens (tertiary/aromatic N) is 4. The molecule has 1 saturated carbocycles. The maximum atomic E-state index is 13.8. The van der Waals surface area contributed by atoms with E-state index < -0.39 is 0 Å². The molecule has 2 aromatic carbocycles. The molecule has 2 aliphatic rings. The van der Waals surface area contributed by atoms with Crippen molar-refractivity contribution in [1.82, 2.24) is 24.6 Å². The molecule has 0 radical (unpaired) electrons. The van der Waals surface area contributed by atoms with Gasteiger partial charge in [0.25, 0.3) is 0 Å². The molecule has 6 rings (SSSR count). The van der Waals surface area contributed by atoms with Crippen molar-refractivity contribution in [2.45, 2.75) is 51.2 Å². The van der Waals surface area contributed by atoms with Crippen LogP contribution in [-0.2, 0) is 6.54 Å². The number of urea groups is 1. The molecule has 4 aromatic rings. The minimum atomic E-state index is -0.264. The summed E-state index contributed by atoms with van der Waals surface area (Å²) in [6.07, 6.45) is 6.48. The van der Waals surface area contributed by atoms with E-state index in [0.717, 1.165) is 46.9 Å². The Labute approximate surface area is 210 Å². The van der Waals surface area contributed by atoms with Crippen molar-refractivity contribution >= 4 is 17.6 Å². The number of halogens is 1. The first-order valence-electron chi connectivity index (χ1n) is 12.2. The van der Waals surface area contributed by atoms with Crippen LogP contribution in [0.4, 0.5) is 4.79 Å². The van der Waals surface area contributed by atoms with Gasteiger partial charge < -0.3 is 14.8 Å². The molecule has 0 saturated heterocycles. The SMILES string of the molecule is Cc1nn(-c2ccccc2)c2c1CN(C(=O)NC1CCCC1)[C@@H](c1ccc(Cl)cc1)c1cccn1-2. The zero-order valence-electron chi connectivity index (χ0n) is 19.7. The summed E-state index contributed by atoms with van der Waals surface area (Å²) in [7, 11) is 0. The number of fused-ring (bicyclic) bond motifs is 3. The molecule has 35 heavy (non-hydrogen) atoms. The minimum absolute atomic E-state index is 0.0377. The second kappa shape index (κ2) is 8.93. The molecule has 3 heterocycles. The summed E-state index contributed by atoms with van der Waals surface area (Å²) in [4.78, 5) is 15.8. The summed E-state index contributed by atoms with van der Waals surface area (Å²) >= 11 is 6.23. The van der Waals surface area contributed by atoms with Gasteiger partial charge in [0.2, 0.25) is 0 Å². The predicted octanol–water partition coefficient (Wildman–Crippen LogP) is 6.18. The molecule has 1 aliphatic carbocycles. The number of aromatic nitrogens is 3. The van der Waals surface area contributed by atoms with Gasteiger partial charge in [0.1, 0.15) is 5.82 Å². The normalized spacial score (nSPS) is 17.7. The van der Waals surface area contributed by atoms with Gasteiger partial charge in [-0.05, 0) is 61.7 Å². The van der Waals surface area contributed by atoms with Gasteiger partial charge in [-0.15, -0.1) is 0 Å². The van der Waals surface area contributed by atoms with Crippen molar-refractivity contribution in [3.63, 3.8) is 0 Å². The van der Waals surface area contributed by atoms with E-state index in [1.807, 2.05) is 65.0 Å². The number of rotatable bonds is 3. The Kier molecular flexibility index (Phi) is 5.61. The lowest BCUT2D eigenvalue weighted by Crippen LogP contribution is -2.45. The molecule has 6 nitrogen and oxygen atoms in total. The van der Waals surface area contributed by atoms with Crippen LogP contribution in [0.3, 0.4) is 0 Å². The Balaban J connectivity index is 1.53. The lowest BCUT2D eigenvalue weighted by molar-refractivity contribution is 0.176. The summed E-state index contributed by atoms with van der Waals surface area (Å²) in [6.45, 7) is 2.48. The van der Waals surface area contributed by atoms with Crippen LogP contribution in [0.25, 0.3) is 11.5 Å². The molecular weight excluding hydrogens is 458 g/mol. The lowest BCUT2D eigenvalue weighted by Gasteiger charge is -2.32. The highest BCUT2D eigenvalue weighted by Gasteiger charge is 2.36. The van der Waals surface area contributed by atoms with Gasteiger partial charge in [-0.25, -0.2) is 9.48 Å². The average Bonchev–Trinajstić information content (AvgIpc) is 3.60. The van der Waals surface area contributed by atoms with Crippen molar-refractivity contribution in [3.8, 4) is 11.5 Å². The molecule has 1 atom stereocenters. The highest BCUT2D eigenvalue weighted by atomic mass is 35.5. The molecule has 1 aliphatic heterocycles. The fourth-order valence-corrected chi connectivity index (χ4v) is 5.60. The van der Waals surface area contributed by atoms with Crippen LogP contribution in [0.1, 0.15) is 54.2 Å². The van der Waals surface area contributed by atoms with Crippen molar-refractivity contribution < 1.29 is 4.79 Å². The zero-order chi connectivity index (χ0) is 23.9. The highest BCUT2D eigenvalue weighted by molar-refractivity contribution is 6.30. The van der Waals surface area contributed by atoms with E-state index in [2.05, 4.69) is 34.3 Å². The van der Waals surface area contributed by atoms with E-state index in [-0.39, 0.29) is 18.1 Å². The highest BCUT2D eigenvalue weighted by Crippen LogP contribution is 2.38. The standard InChI is InChI=1S/C28H28ClN5O/c1-19-24-18-33(28(35)30-22-8-5-6-9-22)26(20-13-15-21(29)16-14-20)25-12-7-17-32(25)27(24)34(31-19)23-10-3-2-4-11-23/h2-4,7,10-17,22,26H,5-6,8-9,18H2,1H3,(H,30,35)/t26-/m0/s1. The lowest BCUT2D eigenvalue weighted by atomic mass is 10.0. The Morgan fingerprint density at radius 2 is 1.74 bits per heavy atom. The number of hydrogen-bond acceptors (Lipinski definition) is 2. The van der Waals surface area contributed by atoms with Crippen LogP contribution in [0.15, 0.2) is 72.9 Å². The molecule has 0 unspecified atom stereocenters. The van der Waals surface area contributed by atoms with E-state index in [4.69, 9.17) is 16.7 Å². The van der Waals surface area contributed by atoms with Gasteiger partial charge in [-0.1, -0.05) is 54.8 Å². The smallest absolute Gasteiger partial charge is 0.318 e. The third kappa shape index (κ3) is 3.92. The summed E-state index contributed by atoms with van der Waals surface area (Å²) in [5, 5.41) is 8.91. The van der Waals surface area contributed by atoms with Crippen LogP contribution in [0.2, 0.25) is 5.02 Å². The number of amides is 2. The second-order valence-corrected chi connectivity index (χ2v) is 9.89. The van der Waals surface area contributed by atoms with Gasteiger partial charge >= 0.3 is 6.03 Å². The monoisotopic (exact) mass is 485 g/mol. The molecule has 2 aromatic heterocycles. The van der Waals surface area contributed by atoms with E-state index in [0.29, 0.717) is 11.6 Å². The van der Waals surface area contributed by atoms with Crippen LogP contribution in [0, 0.1) is 6.92 Å².